The van der Waals surface area contributed by atoms with Crippen molar-refractivity contribution in [3.8, 4) is 5.75 Å². The number of phenolic OH excluding ortho intramolecular Hbond substituents is 1. The quantitative estimate of drug-likeness (QED) is 0.174. The van der Waals surface area contributed by atoms with Crippen LogP contribution in [0.15, 0.2) is 42.5 Å². The van der Waals surface area contributed by atoms with Gasteiger partial charge < -0.3 is 21.1 Å². The Bertz CT molecular complexity index is 1420. The fourth-order valence-electron chi connectivity index (χ4n) is 4.32. The van der Waals surface area contributed by atoms with E-state index < -0.39 is 74.8 Å². The van der Waals surface area contributed by atoms with Gasteiger partial charge in [-0.2, -0.15) is 17.9 Å². The van der Waals surface area contributed by atoms with Crippen LogP contribution in [0.25, 0.3) is 0 Å². The topological polar surface area (TPSA) is 183 Å². The zero-order valence-corrected chi connectivity index (χ0v) is 23.8. The second-order valence-corrected chi connectivity index (χ2v) is 11.8. The number of aromatic hydroxyl groups is 1. The van der Waals surface area contributed by atoms with Gasteiger partial charge >= 0.3 is 0 Å². The van der Waals surface area contributed by atoms with E-state index in [1.165, 1.54) is 0 Å². The summed E-state index contributed by atoms with van der Waals surface area (Å²) in [5.41, 5.74) is -0.0176. The molecule has 2 aromatic carbocycles. The molecular formula is C27H33F2N5O7S. The number of Topliss-reactive ketones (excluding diaryl/α,β-unsaturated/α-hetero) is 1. The molecule has 228 valence electrons. The lowest BCUT2D eigenvalue weighted by atomic mass is 9.94. The van der Waals surface area contributed by atoms with Crippen LogP contribution in [0.2, 0.25) is 0 Å². The monoisotopic (exact) mass is 609 g/mol. The van der Waals surface area contributed by atoms with Crippen molar-refractivity contribution in [2.24, 2.45) is 11.8 Å². The Hall–Kier alpha value is -3.95. The summed E-state index contributed by atoms with van der Waals surface area (Å²) in [5.74, 6) is -8.45. The van der Waals surface area contributed by atoms with Gasteiger partial charge in [0.2, 0.25) is 17.6 Å². The maximum atomic E-state index is 14.1. The lowest BCUT2D eigenvalue weighted by molar-refractivity contribution is -0.138. The van der Waals surface area contributed by atoms with E-state index >= 15 is 0 Å². The van der Waals surface area contributed by atoms with Gasteiger partial charge in [0.05, 0.1) is 11.7 Å². The molecule has 1 fully saturated rings. The molecule has 1 heterocycles. The fourth-order valence-corrected chi connectivity index (χ4v) is 5.33. The maximum Gasteiger partial charge on any atom is 0.294 e. The highest BCUT2D eigenvalue weighted by Gasteiger charge is 2.36. The molecule has 0 unspecified atom stereocenters. The molecule has 1 aliphatic heterocycles. The summed E-state index contributed by atoms with van der Waals surface area (Å²) < 4.78 is 57.7. The molecule has 0 radical (unpaired) electrons. The summed E-state index contributed by atoms with van der Waals surface area (Å²) in [7, 11) is -4.21. The molecule has 3 amide bonds. The van der Waals surface area contributed by atoms with E-state index in [0.29, 0.717) is 30.7 Å². The first-order valence-corrected chi connectivity index (χ1v) is 14.7. The molecule has 0 bridgehead atoms. The Morgan fingerprint density at radius 1 is 1.07 bits per heavy atom. The van der Waals surface area contributed by atoms with Crippen LogP contribution in [-0.2, 0) is 35.9 Å². The fraction of sp³-hybridized carbons (Fsp3) is 0.407. The molecule has 12 nitrogen and oxygen atoms in total. The zero-order chi connectivity index (χ0) is 31.0. The minimum absolute atomic E-state index is 0.0230. The van der Waals surface area contributed by atoms with Gasteiger partial charge in [0.1, 0.15) is 11.9 Å². The number of hydrogen-bond acceptors (Lipinski definition) is 7. The van der Waals surface area contributed by atoms with Crippen LogP contribution in [0.3, 0.4) is 0 Å². The molecule has 42 heavy (non-hydrogen) atoms. The number of carbonyl (C=O) groups excluding carboxylic acids is 4. The molecule has 0 spiro atoms. The minimum Gasteiger partial charge on any atom is -0.505 e. The zero-order valence-electron chi connectivity index (χ0n) is 22.9. The van der Waals surface area contributed by atoms with Crippen LogP contribution >= 0.6 is 0 Å². The minimum atomic E-state index is -4.21. The summed E-state index contributed by atoms with van der Waals surface area (Å²) >= 11 is 0. The summed E-state index contributed by atoms with van der Waals surface area (Å²) in [6.45, 7) is 3.75. The number of nitrogens with one attached hydrogen (secondary N) is 5. The molecule has 1 aliphatic rings. The van der Waals surface area contributed by atoms with Gasteiger partial charge in [-0.25, -0.2) is 8.78 Å². The lowest BCUT2D eigenvalue weighted by Crippen LogP contribution is -2.55. The summed E-state index contributed by atoms with van der Waals surface area (Å²) in [6, 6.07) is 6.58. The first kappa shape index (κ1) is 32.6. The lowest BCUT2D eigenvalue weighted by Gasteiger charge is -2.25. The van der Waals surface area contributed by atoms with Crippen molar-refractivity contribution in [2.75, 3.05) is 11.9 Å². The van der Waals surface area contributed by atoms with Crippen LogP contribution in [0, 0.1) is 23.5 Å². The van der Waals surface area contributed by atoms with Crippen LogP contribution < -0.4 is 25.4 Å². The number of ketones is 1. The smallest absolute Gasteiger partial charge is 0.294 e. The number of phenols is 1. The van der Waals surface area contributed by atoms with E-state index in [2.05, 4.69) is 20.1 Å². The highest BCUT2D eigenvalue weighted by Crippen LogP contribution is 2.24. The summed E-state index contributed by atoms with van der Waals surface area (Å²) in [5, 5.41) is 16.4. The molecule has 1 saturated heterocycles. The van der Waals surface area contributed by atoms with E-state index in [4.69, 9.17) is 0 Å². The van der Waals surface area contributed by atoms with Gasteiger partial charge in [0, 0.05) is 31.1 Å². The van der Waals surface area contributed by atoms with Crippen molar-refractivity contribution in [2.45, 2.75) is 51.7 Å². The van der Waals surface area contributed by atoms with Gasteiger partial charge in [-0.1, -0.05) is 44.2 Å². The van der Waals surface area contributed by atoms with E-state index in [1.54, 1.807) is 44.2 Å². The van der Waals surface area contributed by atoms with Gasteiger partial charge in [-0.05, 0) is 30.7 Å². The largest absolute Gasteiger partial charge is 0.505 e. The summed E-state index contributed by atoms with van der Waals surface area (Å²) in [4.78, 5) is 51.5. The molecule has 3 rings (SSSR count). The van der Waals surface area contributed by atoms with Crippen molar-refractivity contribution >= 4 is 39.4 Å². The Morgan fingerprint density at radius 2 is 1.76 bits per heavy atom. The van der Waals surface area contributed by atoms with Crippen molar-refractivity contribution in [3.63, 3.8) is 0 Å². The van der Waals surface area contributed by atoms with Gasteiger partial charge in [-0.3, -0.25) is 19.2 Å². The molecule has 0 aliphatic carbocycles. The van der Waals surface area contributed by atoms with Crippen molar-refractivity contribution in [1.29, 1.82) is 0 Å². The van der Waals surface area contributed by atoms with Gasteiger partial charge in [0.25, 0.3) is 16.1 Å². The second-order valence-electron chi connectivity index (χ2n) is 10.3. The molecule has 0 aromatic heterocycles. The number of hydrogen-bond donors (Lipinski definition) is 6. The predicted octanol–water partition coefficient (Wildman–Crippen LogP) is 1.23. The average Bonchev–Trinajstić information content (AvgIpc) is 3.33. The number of anilines is 1. The third kappa shape index (κ3) is 9.29. The van der Waals surface area contributed by atoms with Crippen molar-refractivity contribution < 1.29 is 41.5 Å². The SMILES string of the molecule is CC(C)C[C@H](NS(=O)(=O)NCc1ccccc1)C(=O)N[C@@H](C[C@@H]1CCNC1=O)C(=O)C(=O)Nc1cc(O)c(F)cc1F. The number of amides is 3. The Labute approximate surface area is 241 Å². The first-order chi connectivity index (χ1) is 19.8. The third-order valence-electron chi connectivity index (χ3n) is 6.45. The van der Waals surface area contributed by atoms with Crippen molar-refractivity contribution in [1.82, 2.24) is 20.1 Å². The second kappa shape index (κ2) is 14.3. The number of rotatable bonds is 14. The molecular weight excluding hydrogens is 576 g/mol. The Balaban J connectivity index is 1.78. The van der Waals surface area contributed by atoms with Crippen LogP contribution in [0.5, 0.6) is 5.75 Å². The molecule has 2 aromatic rings. The van der Waals surface area contributed by atoms with Crippen LogP contribution in [0.4, 0.5) is 14.5 Å². The molecule has 3 atom stereocenters. The Kier molecular flexibility index (Phi) is 11.1. The molecule has 0 saturated carbocycles. The average molecular weight is 610 g/mol. The number of halogens is 2. The van der Waals surface area contributed by atoms with E-state index in [-0.39, 0.29) is 25.3 Å². The van der Waals surface area contributed by atoms with Crippen molar-refractivity contribution in [3.05, 3.63) is 59.7 Å². The predicted molar refractivity (Wildman–Crippen MR) is 148 cm³/mol. The number of carbonyl (C=O) groups is 4. The highest BCUT2D eigenvalue weighted by molar-refractivity contribution is 7.87. The number of benzene rings is 2. The van der Waals surface area contributed by atoms with E-state index in [9.17, 15) is 41.5 Å². The molecule has 15 heteroatoms. The Morgan fingerprint density at radius 3 is 2.38 bits per heavy atom. The van der Waals surface area contributed by atoms with E-state index in [0.717, 1.165) is 0 Å². The third-order valence-corrected chi connectivity index (χ3v) is 7.57. The van der Waals surface area contributed by atoms with Crippen LogP contribution in [0.1, 0.15) is 38.7 Å². The van der Waals surface area contributed by atoms with Gasteiger partial charge in [-0.15, -0.1) is 0 Å². The standard InChI is InChI=1S/C27H33F2N5O7S/c1-15(2)10-22(34-42(40,41)31-14-16-6-4-3-5-7-16)26(38)33-21(11-17-8-9-30-25(17)37)24(36)27(39)32-20-13-23(35)19(29)12-18(20)28/h3-7,12-13,15,17,21-22,31,34-35H,8-11,14H2,1-2H3,(H,30,37)(H,32,39)(H,33,38)/t17-,21-,22-/m0/s1. The molecule has 6 N–H and O–H groups in total. The maximum absolute atomic E-state index is 14.1. The summed E-state index contributed by atoms with van der Waals surface area (Å²) in [6.07, 6.45) is 0.0373. The highest BCUT2D eigenvalue weighted by atomic mass is 32.2. The normalized spacial score (nSPS) is 16.5. The first-order valence-electron chi connectivity index (χ1n) is 13.2. The van der Waals surface area contributed by atoms with Gasteiger partial charge in [0.15, 0.2) is 11.6 Å². The van der Waals surface area contributed by atoms with E-state index in [1.807, 2.05) is 5.32 Å². The van der Waals surface area contributed by atoms with Crippen LogP contribution in [-0.4, -0.2) is 55.7 Å².